The van der Waals surface area contributed by atoms with Crippen LogP contribution < -0.4 is 10.6 Å². The molecule has 29 heavy (non-hydrogen) atoms. The maximum Gasteiger partial charge on any atom is 0.289 e. The number of hydrogen-bond donors (Lipinski definition) is 2. The molecule has 9 heteroatoms. The molecule has 1 heterocycles. The first-order valence-corrected chi connectivity index (χ1v) is 9.09. The summed E-state index contributed by atoms with van der Waals surface area (Å²) in [5.74, 6) is -2.10. The van der Waals surface area contributed by atoms with Gasteiger partial charge in [-0.05, 0) is 48.7 Å². The van der Waals surface area contributed by atoms with Crippen molar-refractivity contribution in [1.29, 1.82) is 0 Å². The number of carbonyl (C=O) groups excluding carboxylic acids is 2. The average Bonchev–Trinajstić information content (AvgIpc) is 3.36. The molecule has 1 atom stereocenters. The van der Waals surface area contributed by atoms with Gasteiger partial charge >= 0.3 is 0 Å². The van der Waals surface area contributed by atoms with Gasteiger partial charge in [0.2, 0.25) is 5.76 Å². The van der Waals surface area contributed by atoms with Gasteiger partial charge in [-0.15, -0.1) is 0 Å². The summed E-state index contributed by atoms with van der Waals surface area (Å²) >= 11 is 5.74. The van der Waals surface area contributed by atoms with Crippen molar-refractivity contribution in [2.45, 2.75) is 18.9 Å². The summed E-state index contributed by atoms with van der Waals surface area (Å²) in [5.41, 5.74) is 1.37. The Balaban J connectivity index is 1.59. The molecule has 2 amide bonds. The van der Waals surface area contributed by atoms with Gasteiger partial charge in [0, 0.05) is 16.8 Å². The fourth-order valence-corrected chi connectivity index (χ4v) is 3.58. The molecule has 0 bridgehead atoms. The van der Waals surface area contributed by atoms with Crippen LogP contribution in [0.1, 0.15) is 44.5 Å². The van der Waals surface area contributed by atoms with Crippen molar-refractivity contribution in [2.75, 3.05) is 5.32 Å². The van der Waals surface area contributed by atoms with Crippen LogP contribution in [0.15, 0.2) is 47.3 Å². The zero-order chi connectivity index (χ0) is 20.5. The molecule has 0 saturated heterocycles. The van der Waals surface area contributed by atoms with Crippen molar-refractivity contribution in [2.24, 2.45) is 0 Å². The number of halogens is 3. The third-order valence-corrected chi connectivity index (χ3v) is 5.01. The summed E-state index contributed by atoms with van der Waals surface area (Å²) in [4.78, 5) is 28.6. The largest absolute Gasteiger partial charge is 0.438 e. The number of anilines is 1. The predicted octanol–water partition coefficient (Wildman–Crippen LogP) is 4.28. The minimum absolute atomic E-state index is 0.0148. The highest BCUT2D eigenvalue weighted by Crippen LogP contribution is 2.36. The number of nitrogens with one attached hydrogen (secondary N) is 2. The molecule has 0 fully saturated rings. The summed E-state index contributed by atoms with van der Waals surface area (Å²) in [6, 6.07) is 5.78. The van der Waals surface area contributed by atoms with Gasteiger partial charge < -0.3 is 15.1 Å². The number of nitrogens with zero attached hydrogens (tertiary/aromatic N) is 1. The minimum Gasteiger partial charge on any atom is -0.438 e. The Labute approximate surface area is 168 Å². The van der Waals surface area contributed by atoms with E-state index >= 15 is 0 Å². The number of hydrogen-bond acceptors (Lipinski definition) is 4. The normalized spacial score (nSPS) is 15.1. The lowest BCUT2D eigenvalue weighted by atomic mass is 10.0. The second kappa shape index (κ2) is 7.63. The molecule has 1 aromatic heterocycles. The maximum absolute atomic E-state index is 14.5. The minimum atomic E-state index is -0.601. The first kappa shape index (κ1) is 19.1. The first-order valence-electron chi connectivity index (χ1n) is 8.71. The van der Waals surface area contributed by atoms with Gasteiger partial charge in [-0.3, -0.25) is 9.59 Å². The molecule has 2 N–H and O–H groups in total. The molecule has 1 aliphatic rings. The second-order valence-electron chi connectivity index (χ2n) is 6.50. The van der Waals surface area contributed by atoms with Crippen LogP contribution in [0, 0.1) is 11.6 Å². The summed E-state index contributed by atoms with van der Waals surface area (Å²) in [6.45, 7) is 0. The third kappa shape index (κ3) is 3.71. The molecule has 3 aromatic rings. The van der Waals surface area contributed by atoms with E-state index in [2.05, 4.69) is 15.6 Å². The Morgan fingerprint density at radius 1 is 1.14 bits per heavy atom. The molecule has 2 aromatic carbocycles. The van der Waals surface area contributed by atoms with Gasteiger partial charge in [0.25, 0.3) is 11.8 Å². The molecule has 148 valence electrons. The highest BCUT2D eigenvalue weighted by atomic mass is 35.5. The van der Waals surface area contributed by atoms with Crippen LogP contribution in [0.4, 0.5) is 14.5 Å². The maximum atomic E-state index is 14.5. The van der Waals surface area contributed by atoms with Crippen molar-refractivity contribution < 1.29 is 22.8 Å². The second-order valence-corrected chi connectivity index (χ2v) is 6.91. The lowest BCUT2D eigenvalue weighted by Gasteiger charge is -2.15. The molecule has 0 saturated carbocycles. The van der Waals surface area contributed by atoms with E-state index in [-0.39, 0.29) is 21.9 Å². The number of oxazole rings is 1. The SMILES string of the molecule is O=C(NC1CCc2c(C(=O)Nc3ccc(F)c(Cl)c3)ccc(F)c21)c1cnco1. The van der Waals surface area contributed by atoms with E-state index in [0.717, 1.165) is 12.5 Å². The zero-order valence-corrected chi connectivity index (χ0v) is 15.6. The van der Waals surface area contributed by atoms with E-state index < -0.39 is 29.5 Å². The summed E-state index contributed by atoms with van der Waals surface area (Å²) in [5, 5.41) is 5.21. The Morgan fingerprint density at radius 2 is 1.93 bits per heavy atom. The van der Waals surface area contributed by atoms with Crippen LogP contribution in [0.3, 0.4) is 0 Å². The standard InChI is InChI=1S/C20H14ClF2N3O3/c21-13-7-10(1-4-14(13)22)25-19(27)12-2-5-15(23)18-11(12)3-6-16(18)26-20(28)17-8-24-9-29-17/h1-2,4-5,7-9,16H,3,6H2,(H,25,27)(H,26,28). The number of aromatic nitrogens is 1. The van der Waals surface area contributed by atoms with Crippen molar-refractivity contribution in [3.05, 3.63) is 82.0 Å². The summed E-state index contributed by atoms with van der Waals surface area (Å²) in [7, 11) is 0. The number of fused-ring (bicyclic) bond motifs is 1. The van der Waals surface area contributed by atoms with Crippen molar-refractivity contribution in [3.63, 3.8) is 0 Å². The van der Waals surface area contributed by atoms with Gasteiger partial charge in [0.1, 0.15) is 11.6 Å². The van der Waals surface area contributed by atoms with Crippen LogP contribution in [-0.4, -0.2) is 16.8 Å². The lowest BCUT2D eigenvalue weighted by molar-refractivity contribution is 0.0907. The smallest absolute Gasteiger partial charge is 0.289 e. The average molecular weight is 418 g/mol. The fourth-order valence-electron chi connectivity index (χ4n) is 3.40. The van der Waals surface area contributed by atoms with Crippen molar-refractivity contribution in [3.8, 4) is 0 Å². The first-order chi connectivity index (χ1) is 13.9. The van der Waals surface area contributed by atoms with Crippen LogP contribution in [-0.2, 0) is 6.42 Å². The van der Waals surface area contributed by atoms with Gasteiger partial charge in [0.15, 0.2) is 6.39 Å². The molecule has 4 rings (SSSR count). The van der Waals surface area contributed by atoms with Crippen molar-refractivity contribution >= 4 is 29.1 Å². The number of carbonyl (C=O) groups is 2. The molecule has 1 unspecified atom stereocenters. The predicted molar refractivity (Wildman–Crippen MR) is 101 cm³/mol. The van der Waals surface area contributed by atoms with E-state index in [1.807, 2.05) is 0 Å². The molecule has 6 nitrogen and oxygen atoms in total. The zero-order valence-electron chi connectivity index (χ0n) is 14.8. The Bertz CT molecular complexity index is 1100. The Kier molecular flexibility index (Phi) is 5.02. The highest BCUT2D eigenvalue weighted by molar-refractivity contribution is 6.31. The van der Waals surface area contributed by atoms with E-state index in [9.17, 15) is 18.4 Å². The lowest BCUT2D eigenvalue weighted by Crippen LogP contribution is -2.27. The number of rotatable bonds is 4. The third-order valence-electron chi connectivity index (χ3n) is 4.72. The Hall–Kier alpha value is -3.26. The van der Waals surface area contributed by atoms with Crippen LogP contribution >= 0.6 is 11.6 Å². The van der Waals surface area contributed by atoms with Gasteiger partial charge in [0.05, 0.1) is 17.3 Å². The molecule has 0 aliphatic heterocycles. The summed E-state index contributed by atoms with van der Waals surface area (Å²) in [6.07, 6.45) is 3.22. The Morgan fingerprint density at radius 3 is 2.66 bits per heavy atom. The van der Waals surface area contributed by atoms with E-state index in [4.69, 9.17) is 16.0 Å². The number of benzene rings is 2. The molecular formula is C20H14ClF2N3O3. The van der Waals surface area contributed by atoms with Gasteiger partial charge in [-0.2, -0.15) is 0 Å². The van der Waals surface area contributed by atoms with Gasteiger partial charge in [-0.1, -0.05) is 11.6 Å². The molecule has 0 spiro atoms. The summed E-state index contributed by atoms with van der Waals surface area (Å²) < 4.78 is 32.8. The molecule has 1 aliphatic carbocycles. The van der Waals surface area contributed by atoms with Crippen LogP contribution in [0.5, 0.6) is 0 Å². The highest BCUT2D eigenvalue weighted by Gasteiger charge is 2.31. The van der Waals surface area contributed by atoms with E-state index in [0.29, 0.717) is 24.1 Å². The topological polar surface area (TPSA) is 84.2 Å². The van der Waals surface area contributed by atoms with E-state index in [1.54, 1.807) is 0 Å². The molecular weight excluding hydrogens is 404 g/mol. The van der Waals surface area contributed by atoms with E-state index in [1.165, 1.54) is 30.5 Å². The monoisotopic (exact) mass is 417 g/mol. The van der Waals surface area contributed by atoms with Gasteiger partial charge in [-0.25, -0.2) is 13.8 Å². The quantitative estimate of drug-likeness (QED) is 0.663. The molecule has 0 radical (unpaired) electrons. The fraction of sp³-hybridized carbons (Fsp3) is 0.150. The number of amides is 2. The van der Waals surface area contributed by atoms with Crippen LogP contribution in [0.25, 0.3) is 0 Å². The van der Waals surface area contributed by atoms with Crippen LogP contribution in [0.2, 0.25) is 5.02 Å². The van der Waals surface area contributed by atoms with Crippen molar-refractivity contribution in [1.82, 2.24) is 10.3 Å².